The van der Waals surface area contributed by atoms with Crippen molar-refractivity contribution in [3.05, 3.63) is 60.8 Å². The zero-order valence-corrected chi connectivity index (χ0v) is 22.0. The van der Waals surface area contributed by atoms with Crippen LogP contribution in [0.4, 0.5) is 17.1 Å². The fourth-order valence-corrected chi connectivity index (χ4v) is 6.30. The molecule has 0 saturated heterocycles. The van der Waals surface area contributed by atoms with Crippen LogP contribution in [0.15, 0.2) is 60.8 Å². The van der Waals surface area contributed by atoms with Gasteiger partial charge in [0.05, 0.1) is 22.6 Å². The molecule has 0 bridgehead atoms. The monoisotopic (exact) mass is 532 g/mol. The van der Waals surface area contributed by atoms with Crippen molar-refractivity contribution in [3.63, 3.8) is 0 Å². The first-order valence-corrected chi connectivity index (χ1v) is 14.5. The Morgan fingerprint density at radius 1 is 1.05 bits per heavy atom. The van der Waals surface area contributed by atoms with Crippen LogP contribution >= 0.6 is 0 Å². The summed E-state index contributed by atoms with van der Waals surface area (Å²) in [7, 11) is -3.65. The van der Waals surface area contributed by atoms with Crippen molar-refractivity contribution in [1.29, 1.82) is 0 Å². The highest BCUT2D eigenvalue weighted by Crippen LogP contribution is 2.45. The van der Waals surface area contributed by atoms with Gasteiger partial charge in [0.25, 0.3) is 10.2 Å². The van der Waals surface area contributed by atoms with Crippen molar-refractivity contribution in [3.8, 4) is 22.9 Å². The number of fused-ring (bicyclic) bond motifs is 1. The molecule has 38 heavy (non-hydrogen) atoms. The summed E-state index contributed by atoms with van der Waals surface area (Å²) in [6, 6.07) is 17.0. The van der Waals surface area contributed by atoms with Gasteiger partial charge in [-0.05, 0) is 81.3 Å². The van der Waals surface area contributed by atoms with Gasteiger partial charge >= 0.3 is 0 Å². The summed E-state index contributed by atoms with van der Waals surface area (Å²) in [6.07, 6.45) is 7.08. The molecule has 2 fully saturated rings. The van der Waals surface area contributed by atoms with Crippen LogP contribution in [0.3, 0.4) is 0 Å². The van der Waals surface area contributed by atoms with Crippen molar-refractivity contribution >= 4 is 38.2 Å². The first kappa shape index (κ1) is 24.6. The van der Waals surface area contributed by atoms with Gasteiger partial charge in [0.15, 0.2) is 0 Å². The third kappa shape index (κ3) is 4.77. The van der Waals surface area contributed by atoms with Crippen molar-refractivity contribution in [2.75, 3.05) is 16.2 Å². The normalized spacial score (nSPS) is 16.8. The molecule has 0 spiro atoms. The number of hydrogen-bond acceptors (Lipinski definition) is 6. The number of nitrogen functional groups attached to an aromatic ring is 2. The average Bonchev–Trinajstić information content (AvgIpc) is 3.66. The minimum absolute atomic E-state index is 0.0762. The molecule has 0 amide bonds. The maximum Gasteiger partial charge on any atom is 0.299 e. The maximum atomic E-state index is 12.6. The van der Waals surface area contributed by atoms with Crippen LogP contribution < -0.4 is 25.6 Å². The van der Waals surface area contributed by atoms with Gasteiger partial charge in [-0.1, -0.05) is 12.1 Å². The van der Waals surface area contributed by atoms with Crippen LogP contribution in [0.5, 0.6) is 11.6 Å². The number of nitrogens with zero attached hydrogens (tertiary/aromatic N) is 2. The lowest BCUT2D eigenvalue weighted by atomic mass is 9.92. The van der Waals surface area contributed by atoms with Crippen LogP contribution in [0.25, 0.3) is 22.2 Å². The molecule has 2 heterocycles. The quantitative estimate of drug-likeness (QED) is 0.227. The van der Waals surface area contributed by atoms with Gasteiger partial charge in [-0.25, -0.2) is 4.98 Å². The van der Waals surface area contributed by atoms with E-state index in [1.165, 1.54) is 0 Å². The third-order valence-corrected chi connectivity index (χ3v) is 8.74. The van der Waals surface area contributed by atoms with Gasteiger partial charge in [-0.15, -0.1) is 0 Å². The Kier molecular flexibility index (Phi) is 6.16. The van der Waals surface area contributed by atoms with Crippen LogP contribution in [-0.4, -0.2) is 24.0 Å². The summed E-state index contributed by atoms with van der Waals surface area (Å²) in [4.78, 5) is 4.24. The third-order valence-electron chi connectivity index (χ3n) is 7.55. The highest BCUT2D eigenvalue weighted by Gasteiger charge is 2.31. The van der Waals surface area contributed by atoms with E-state index < -0.39 is 10.2 Å². The Bertz CT molecular complexity index is 1590. The Morgan fingerprint density at radius 3 is 2.47 bits per heavy atom. The highest BCUT2D eigenvalue weighted by atomic mass is 32.2. The second-order valence-corrected chi connectivity index (χ2v) is 11.8. The van der Waals surface area contributed by atoms with E-state index in [0.29, 0.717) is 40.7 Å². The summed E-state index contributed by atoms with van der Waals surface area (Å²) in [5.74, 6) is 1.42. The van der Waals surface area contributed by atoms with Crippen LogP contribution in [0.2, 0.25) is 0 Å². The van der Waals surface area contributed by atoms with Crippen molar-refractivity contribution in [2.24, 2.45) is 5.92 Å². The number of benzene rings is 2. The van der Waals surface area contributed by atoms with Crippen LogP contribution in [0, 0.1) is 5.92 Å². The second kappa shape index (κ2) is 9.52. The minimum atomic E-state index is -3.65. The number of nitrogens with two attached hydrogens (primary N) is 2. The summed E-state index contributed by atoms with van der Waals surface area (Å²) in [5, 5.41) is 0.941. The first-order chi connectivity index (χ1) is 18.3. The number of pyridine rings is 1. The molecule has 6 rings (SSSR count). The lowest BCUT2D eigenvalue weighted by Crippen LogP contribution is -2.38. The molecule has 0 radical (unpaired) electrons. The zero-order chi connectivity index (χ0) is 26.4. The van der Waals surface area contributed by atoms with Gasteiger partial charge in [-0.2, -0.15) is 13.1 Å². The van der Waals surface area contributed by atoms with Crippen LogP contribution in [-0.2, 0) is 10.2 Å². The molecule has 2 aromatic heterocycles. The molecule has 2 aliphatic rings. The molecule has 4 aromatic rings. The maximum absolute atomic E-state index is 12.6. The largest absolute Gasteiger partial charge is 0.437 e. The van der Waals surface area contributed by atoms with E-state index in [9.17, 15) is 8.42 Å². The first-order valence-electron chi connectivity index (χ1n) is 13.0. The SMILES string of the molecule is C[C@H](NS(=O)(=O)Nc1ccc(-c2c(N)c3ccc(Oc4ncccc4N)cc3n2C2CCC2)cc1)C1CC1. The Hall–Kier alpha value is -3.76. The molecule has 2 aliphatic carbocycles. The Labute approximate surface area is 222 Å². The molecule has 2 aromatic carbocycles. The fraction of sp³-hybridized carbons (Fsp3) is 0.321. The molecule has 6 N–H and O–H groups in total. The van der Waals surface area contributed by atoms with Crippen molar-refractivity contribution < 1.29 is 13.2 Å². The predicted molar refractivity (Wildman–Crippen MR) is 151 cm³/mol. The summed E-state index contributed by atoms with van der Waals surface area (Å²) in [6.45, 7) is 1.91. The fourth-order valence-electron chi connectivity index (χ4n) is 5.12. The van der Waals surface area contributed by atoms with E-state index in [-0.39, 0.29) is 6.04 Å². The number of aromatic nitrogens is 2. The standard InChI is InChI=1S/C28H32N6O3S/c1-17(18-7-8-18)32-38(35,36)33-20-11-9-19(10-12-20)27-26(30)23-14-13-22(37-28-24(29)6-3-15-31-28)16-25(23)34(27)21-4-2-5-21/h3,6,9-18,21,32-33H,2,4-5,7-8,29-30H2,1H3/t17-/m0/s1. The number of ether oxygens (including phenoxy) is 1. The second-order valence-electron chi connectivity index (χ2n) is 10.3. The van der Waals surface area contributed by atoms with Gasteiger partial charge in [-0.3, -0.25) is 4.72 Å². The summed E-state index contributed by atoms with van der Waals surface area (Å²) < 4.78 is 38.8. The smallest absolute Gasteiger partial charge is 0.299 e. The average molecular weight is 533 g/mol. The van der Waals surface area contributed by atoms with Crippen molar-refractivity contribution in [2.45, 2.75) is 51.1 Å². The Morgan fingerprint density at radius 2 is 1.82 bits per heavy atom. The topological polar surface area (TPSA) is 137 Å². The van der Waals surface area contributed by atoms with E-state index in [2.05, 4.69) is 19.0 Å². The van der Waals surface area contributed by atoms with E-state index in [0.717, 1.165) is 54.3 Å². The molecule has 10 heteroatoms. The molecule has 9 nitrogen and oxygen atoms in total. The molecular weight excluding hydrogens is 500 g/mol. The van der Waals surface area contributed by atoms with E-state index in [1.54, 1.807) is 30.5 Å². The minimum Gasteiger partial charge on any atom is -0.437 e. The number of hydrogen-bond donors (Lipinski definition) is 4. The van der Waals surface area contributed by atoms with Gasteiger partial charge in [0, 0.05) is 41.0 Å². The molecule has 1 atom stereocenters. The summed E-state index contributed by atoms with van der Waals surface area (Å²) in [5.41, 5.74) is 17.2. The molecule has 2 saturated carbocycles. The molecular formula is C28H32N6O3S. The summed E-state index contributed by atoms with van der Waals surface area (Å²) >= 11 is 0. The highest BCUT2D eigenvalue weighted by molar-refractivity contribution is 7.90. The van der Waals surface area contributed by atoms with Crippen molar-refractivity contribution in [1.82, 2.24) is 14.3 Å². The lowest BCUT2D eigenvalue weighted by molar-refractivity contribution is 0.324. The number of rotatable bonds is 9. The van der Waals surface area contributed by atoms with Gasteiger partial charge < -0.3 is 20.8 Å². The lowest BCUT2D eigenvalue weighted by Gasteiger charge is -2.30. The van der Waals surface area contributed by atoms with Crippen LogP contribution in [0.1, 0.15) is 45.1 Å². The van der Waals surface area contributed by atoms with Gasteiger partial charge in [0.1, 0.15) is 5.75 Å². The molecule has 0 unspecified atom stereocenters. The van der Waals surface area contributed by atoms with E-state index in [4.69, 9.17) is 16.2 Å². The molecule has 0 aliphatic heterocycles. The zero-order valence-electron chi connectivity index (χ0n) is 21.2. The molecule has 198 valence electrons. The number of anilines is 3. The Balaban J connectivity index is 1.32. The van der Waals surface area contributed by atoms with E-state index in [1.807, 2.05) is 37.3 Å². The van der Waals surface area contributed by atoms with Gasteiger partial charge in [0.2, 0.25) is 5.88 Å². The number of nitrogens with one attached hydrogen (secondary N) is 2. The predicted octanol–water partition coefficient (Wildman–Crippen LogP) is 5.43. The van der Waals surface area contributed by atoms with E-state index >= 15 is 0 Å².